The molecule has 2 heterocycles. The van der Waals surface area contributed by atoms with Crippen LogP contribution >= 0.6 is 0 Å². The number of hydrogen-bond acceptors (Lipinski definition) is 4. The monoisotopic (exact) mass is 450 g/mol. The van der Waals surface area contributed by atoms with Crippen LogP contribution in [0.1, 0.15) is 25.1 Å². The minimum absolute atomic E-state index is 0.0276. The van der Waals surface area contributed by atoms with Crippen LogP contribution in [0.5, 0.6) is 0 Å². The highest BCUT2D eigenvalue weighted by Crippen LogP contribution is 2.32. The predicted octanol–water partition coefficient (Wildman–Crippen LogP) is 4.33. The van der Waals surface area contributed by atoms with E-state index in [2.05, 4.69) is 15.4 Å². The van der Waals surface area contributed by atoms with Crippen molar-refractivity contribution in [2.24, 2.45) is 7.05 Å². The number of benzene rings is 1. The van der Waals surface area contributed by atoms with Crippen LogP contribution in [0.2, 0.25) is 0 Å². The third kappa shape index (κ3) is 4.59. The Hall–Kier alpha value is -2.85. The van der Waals surface area contributed by atoms with E-state index >= 15 is 0 Å². The number of carbonyl (C=O) groups is 1. The molecule has 31 heavy (non-hydrogen) atoms. The van der Waals surface area contributed by atoms with Crippen LogP contribution in [-0.4, -0.2) is 30.0 Å². The first-order valence-electron chi connectivity index (χ1n) is 9.28. The summed E-state index contributed by atoms with van der Waals surface area (Å²) in [5.41, 5.74) is 1.23. The Labute approximate surface area is 180 Å². The smallest absolute Gasteiger partial charge is 0.433 e. The number of aromatic nitrogens is 3. The molecule has 1 aromatic carbocycles. The standard InChI is InChI=1S/C21H21F3N4O2S/c1-13-17(14-8-6-5-7-9-14)27-28(4)18(13)26-19(29)20(2,3)31(30)15-10-11-16(25-12-15)21(22,23)24/h5-12H,1-4H3,(H,26,29). The number of nitrogens with zero attached hydrogens (tertiary/aromatic N) is 3. The zero-order chi connectivity index (χ0) is 23.0. The quantitative estimate of drug-likeness (QED) is 0.587. The zero-order valence-electron chi connectivity index (χ0n) is 17.3. The van der Waals surface area contributed by atoms with Crippen LogP contribution in [-0.2, 0) is 29.2 Å². The first-order chi connectivity index (χ1) is 14.4. The summed E-state index contributed by atoms with van der Waals surface area (Å²) in [6.07, 6.45) is -3.71. The summed E-state index contributed by atoms with van der Waals surface area (Å²) in [7, 11) is 1.68. The van der Waals surface area contributed by atoms with Crippen molar-refractivity contribution in [3.8, 4) is 11.3 Å². The largest absolute Gasteiger partial charge is 0.611 e. The number of carbonyl (C=O) groups excluding carboxylic acids is 1. The lowest BCUT2D eigenvalue weighted by molar-refractivity contribution is -0.141. The Balaban J connectivity index is 1.83. The van der Waals surface area contributed by atoms with Crippen molar-refractivity contribution in [2.75, 3.05) is 5.32 Å². The van der Waals surface area contributed by atoms with Gasteiger partial charge in [0.25, 0.3) is 5.91 Å². The second-order valence-electron chi connectivity index (χ2n) is 7.42. The van der Waals surface area contributed by atoms with Crippen LogP contribution in [0.15, 0.2) is 53.6 Å². The molecule has 1 N–H and O–H groups in total. The highest BCUT2D eigenvalue weighted by atomic mass is 32.2. The van der Waals surface area contributed by atoms with Crippen molar-refractivity contribution < 1.29 is 22.5 Å². The van der Waals surface area contributed by atoms with E-state index in [0.29, 0.717) is 11.5 Å². The molecule has 0 saturated carbocycles. The first kappa shape index (κ1) is 22.8. The lowest BCUT2D eigenvalue weighted by Gasteiger charge is -2.27. The third-order valence-corrected chi connectivity index (χ3v) is 6.60. The number of pyridine rings is 1. The van der Waals surface area contributed by atoms with Gasteiger partial charge in [0.1, 0.15) is 11.5 Å². The molecule has 164 valence electrons. The minimum atomic E-state index is -4.60. The number of alkyl halides is 3. The Morgan fingerprint density at radius 3 is 2.32 bits per heavy atom. The van der Waals surface area contributed by atoms with Gasteiger partial charge in [0.05, 0.1) is 11.9 Å². The molecule has 0 fully saturated rings. The zero-order valence-corrected chi connectivity index (χ0v) is 18.1. The minimum Gasteiger partial charge on any atom is -0.611 e. The van der Waals surface area contributed by atoms with Crippen molar-refractivity contribution in [1.82, 2.24) is 14.8 Å². The fourth-order valence-corrected chi connectivity index (χ4v) is 4.12. The van der Waals surface area contributed by atoms with Gasteiger partial charge < -0.3 is 9.87 Å². The summed E-state index contributed by atoms with van der Waals surface area (Å²) in [5.74, 6) is -0.115. The highest BCUT2D eigenvalue weighted by Gasteiger charge is 2.43. The summed E-state index contributed by atoms with van der Waals surface area (Å²) < 4.78 is 51.2. The SMILES string of the molecule is Cc1c(-c2ccccc2)nn(C)c1NC(=O)C(C)(C)[S+]([O-])c1ccc(C(F)(F)F)nc1. The second-order valence-corrected chi connectivity index (χ2v) is 9.45. The maximum absolute atomic E-state index is 13.0. The third-order valence-electron chi connectivity index (χ3n) is 4.81. The molecule has 1 unspecified atom stereocenters. The summed E-state index contributed by atoms with van der Waals surface area (Å²) >= 11 is -1.95. The normalized spacial score (nSPS) is 13.2. The number of aryl methyl sites for hydroxylation is 1. The Bertz CT molecular complexity index is 1080. The molecule has 0 aliphatic rings. The fraction of sp³-hybridized carbons (Fsp3) is 0.286. The number of rotatable bonds is 5. The molecular weight excluding hydrogens is 429 g/mol. The van der Waals surface area contributed by atoms with Crippen molar-refractivity contribution in [3.05, 3.63) is 59.9 Å². The highest BCUT2D eigenvalue weighted by molar-refractivity contribution is 7.93. The van der Waals surface area contributed by atoms with Gasteiger partial charge in [0.15, 0.2) is 4.90 Å². The summed E-state index contributed by atoms with van der Waals surface area (Å²) in [4.78, 5) is 16.3. The molecule has 3 rings (SSSR count). The van der Waals surface area contributed by atoms with Gasteiger partial charge in [-0.15, -0.1) is 0 Å². The average molecular weight is 450 g/mol. The molecule has 0 radical (unpaired) electrons. The average Bonchev–Trinajstić information content (AvgIpc) is 3.01. The molecule has 0 bridgehead atoms. The molecule has 0 aliphatic carbocycles. The number of nitrogens with one attached hydrogen (secondary N) is 1. The lowest BCUT2D eigenvalue weighted by Crippen LogP contribution is -2.45. The molecule has 0 saturated heterocycles. The van der Waals surface area contributed by atoms with Gasteiger partial charge in [-0.05, 0) is 32.9 Å². The van der Waals surface area contributed by atoms with Gasteiger partial charge in [-0.1, -0.05) is 30.3 Å². The van der Waals surface area contributed by atoms with Crippen LogP contribution < -0.4 is 5.32 Å². The molecule has 0 spiro atoms. The van der Waals surface area contributed by atoms with Crippen LogP contribution in [0, 0.1) is 6.92 Å². The summed E-state index contributed by atoms with van der Waals surface area (Å²) in [6, 6.07) is 11.3. The van der Waals surface area contributed by atoms with Crippen LogP contribution in [0.25, 0.3) is 11.3 Å². The van der Waals surface area contributed by atoms with Gasteiger partial charge in [-0.25, -0.2) is 4.98 Å². The van der Waals surface area contributed by atoms with E-state index in [1.54, 1.807) is 7.05 Å². The van der Waals surface area contributed by atoms with Gasteiger partial charge in [-0.2, -0.15) is 18.3 Å². The topological polar surface area (TPSA) is 82.9 Å². The number of anilines is 1. The maximum atomic E-state index is 13.0. The Morgan fingerprint density at radius 2 is 1.77 bits per heavy atom. The fourth-order valence-electron chi connectivity index (χ4n) is 2.97. The Kier molecular flexibility index (Phi) is 6.15. The van der Waals surface area contributed by atoms with E-state index in [-0.39, 0.29) is 4.90 Å². The second kappa shape index (κ2) is 8.35. The van der Waals surface area contributed by atoms with E-state index < -0.39 is 33.7 Å². The molecular formula is C21H21F3N4O2S. The van der Waals surface area contributed by atoms with Gasteiger partial charge >= 0.3 is 6.18 Å². The molecule has 1 atom stereocenters. The molecule has 10 heteroatoms. The van der Waals surface area contributed by atoms with E-state index in [1.165, 1.54) is 18.5 Å². The number of halogens is 3. The van der Waals surface area contributed by atoms with Crippen molar-refractivity contribution >= 4 is 22.9 Å². The van der Waals surface area contributed by atoms with Crippen molar-refractivity contribution in [3.63, 3.8) is 0 Å². The van der Waals surface area contributed by atoms with Crippen molar-refractivity contribution in [2.45, 2.75) is 36.6 Å². The van der Waals surface area contributed by atoms with E-state index in [0.717, 1.165) is 29.5 Å². The number of hydrogen-bond donors (Lipinski definition) is 1. The van der Waals surface area contributed by atoms with Crippen LogP contribution in [0.4, 0.5) is 19.0 Å². The van der Waals surface area contributed by atoms with Gasteiger partial charge in [0, 0.05) is 29.4 Å². The molecule has 0 aliphatic heterocycles. The molecule has 3 aromatic rings. The Morgan fingerprint density at radius 1 is 1.13 bits per heavy atom. The molecule has 1 amide bonds. The van der Waals surface area contributed by atoms with Crippen LogP contribution in [0.3, 0.4) is 0 Å². The molecule has 2 aromatic heterocycles. The van der Waals surface area contributed by atoms with Crippen molar-refractivity contribution in [1.29, 1.82) is 0 Å². The predicted molar refractivity (Wildman–Crippen MR) is 112 cm³/mol. The van der Waals surface area contributed by atoms with Gasteiger partial charge in [-0.3, -0.25) is 9.48 Å². The molecule has 6 nitrogen and oxygen atoms in total. The summed E-state index contributed by atoms with van der Waals surface area (Å²) in [5, 5.41) is 7.22. The van der Waals surface area contributed by atoms with E-state index in [1.807, 2.05) is 37.3 Å². The number of amides is 1. The maximum Gasteiger partial charge on any atom is 0.433 e. The van der Waals surface area contributed by atoms with E-state index in [9.17, 15) is 22.5 Å². The van der Waals surface area contributed by atoms with Gasteiger partial charge in [0.2, 0.25) is 4.75 Å². The van der Waals surface area contributed by atoms with E-state index in [4.69, 9.17) is 0 Å². The summed E-state index contributed by atoms with van der Waals surface area (Å²) in [6.45, 7) is 4.73. The first-order valence-corrected chi connectivity index (χ1v) is 10.4. The lowest BCUT2D eigenvalue weighted by atomic mass is 10.1.